The summed E-state index contributed by atoms with van der Waals surface area (Å²) >= 11 is 0. The molecule has 5 nitrogen and oxygen atoms in total. The smallest absolute Gasteiger partial charge is 0.221 e. The summed E-state index contributed by atoms with van der Waals surface area (Å²) < 4.78 is 23.1. The predicted octanol–water partition coefficient (Wildman–Crippen LogP) is 1.14. The lowest BCUT2D eigenvalue weighted by atomic mass is 10.3. The van der Waals surface area contributed by atoms with Crippen molar-refractivity contribution in [3.63, 3.8) is 0 Å². The molecule has 0 saturated heterocycles. The molecular weight excluding hydrogens is 230 g/mol. The Kier molecular flexibility index (Phi) is 3.54. The highest BCUT2D eigenvalue weighted by Gasteiger charge is 2.14. The molecule has 0 bridgehead atoms. The number of hydrogen-bond donors (Lipinski definition) is 2. The number of nitrogens with one attached hydrogen (secondary N) is 1. The van der Waals surface area contributed by atoms with Crippen molar-refractivity contribution in [1.29, 1.82) is 0 Å². The summed E-state index contributed by atoms with van der Waals surface area (Å²) in [6, 6.07) is 3.79. The van der Waals surface area contributed by atoms with Gasteiger partial charge in [-0.15, -0.1) is 0 Å². The van der Waals surface area contributed by atoms with E-state index < -0.39 is 9.84 Å². The highest BCUT2D eigenvalue weighted by atomic mass is 32.2. The molecule has 0 fully saturated rings. The van der Waals surface area contributed by atoms with Crippen molar-refractivity contribution in [2.75, 3.05) is 11.1 Å². The maximum atomic E-state index is 11.6. The van der Waals surface area contributed by atoms with Crippen LogP contribution in [0.1, 0.15) is 13.8 Å². The SMILES string of the molecule is CCS(=O)(=O)c1ccc(O)c(NC(C)=O)c1. The zero-order valence-electron chi connectivity index (χ0n) is 9.02. The van der Waals surface area contributed by atoms with Gasteiger partial charge in [0, 0.05) is 6.92 Å². The highest BCUT2D eigenvalue weighted by molar-refractivity contribution is 7.91. The lowest BCUT2D eigenvalue weighted by Gasteiger charge is -2.07. The second-order valence-corrected chi connectivity index (χ2v) is 5.54. The summed E-state index contributed by atoms with van der Waals surface area (Å²) in [6.45, 7) is 2.81. The van der Waals surface area contributed by atoms with Crippen LogP contribution in [0.2, 0.25) is 0 Å². The van der Waals surface area contributed by atoms with Gasteiger partial charge in [-0.2, -0.15) is 0 Å². The molecule has 88 valence electrons. The van der Waals surface area contributed by atoms with E-state index in [1.807, 2.05) is 0 Å². The third-order valence-electron chi connectivity index (χ3n) is 2.02. The molecule has 0 aromatic heterocycles. The van der Waals surface area contributed by atoms with Crippen molar-refractivity contribution in [2.45, 2.75) is 18.7 Å². The number of rotatable bonds is 3. The van der Waals surface area contributed by atoms with Gasteiger partial charge in [0.2, 0.25) is 5.91 Å². The first-order valence-electron chi connectivity index (χ1n) is 4.70. The van der Waals surface area contributed by atoms with Crippen molar-refractivity contribution >= 4 is 21.4 Å². The number of hydrogen-bond acceptors (Lipinski definition) is 4. The van der Waals surface area contributed by atoms with E-state index in [0.29, 0.717) is 0 Å². The minimum atomic E-state index is -3.34. The van der Waals surface area contributed by atoms with E-state index in [2.05, 4.69) is 5.32 Å². The van der Waals surface area contributed by atoms with Crippen molar-refractivity contribution in [3.8, 4) is 5.75 Å². The van der Waals surface area contributed by atoms with Gasteiger partial charge in [0.25, 0.3) is 0 Å². The fraction of sp³-hybridized carbons (Fsp3) is 0.300. The van der Waals surface area contributed by atoms with Crippen molar-refractivity contribution in [2.24, 2.45) is 0 Å². The second kappa shape index (κ2) is 4.52. The number of benzene rings is 1. The molecule has 6 heteroatoms. The number of phenolic OH excluding ortho intramolecular Hbond substituents is 1. The Morgan fingerprint density at radius 1 is 1.44 bits per heavy atom. The fourth-order valence-electron chi connectivity index (χ4n) is 1.17. The van der Waals surface area contributed by atoms with E-state index in [1.54, 1.807) is 0 Å². The lowest BCUT2D eigenvalue weighted by molar-refractivity contribution is -0.114. The predicted molar refractivity (Wildman–Crippen MR) is 60.1 cm³/mol. The Morgan fingerprint density at radius 2 is 2.06 bits per heavy atom. The highest BCUT2D eigenvalue weighted by Crippen LogP contribution is 2.26. The maximum Gasteiger partial charge on any atom is 0.221 e. The molecule has 1 amide bonds. The Hall–Kier alpha value is -1.56. The number of carbonyl (C=O) groups excluding carboxylic acids is 1. The maximum absolute atomic E-state index is 11.6. The van der Waals surface area contributed by atoms with Crippen LogP contribution in [0, 0.1) is 0 Å². The molecule has 2 N–H and O–H groups in total. The van der Waals surface area contributed by atoms with Gasteiger partial charge in [0.1, 0.15) is 5.75 Å². The molecule has 0 aliphatic heterocycles. The molecule has 0 heterocycles. The Morgan fingerprint density at radius 3 is 2.56 bits per heavy atom. The van der Waals surface area contributed by atoms with Gasteiger partial charge in [-0.25, -0.2) is 8.42 Å². The molecule has 0 spiro atoms. The Labute approximate surface area is 94.0 Å². The largest absolute Gasteiger partial charge is 0.506 e. The number of aromatic hydroxyl groups is 1. The van der Waals surface area contributed by atoms with E-state index in [4.69, 9.17) is 0 Å². The first-order chi connectivity index (χ1) is 7.36. The van der Waals surface area contributed by atoms with E-state index in [-0.39, 0.29) is 28.0 Å². The van der Waals surface area contributed by atoms with Crippen LogP contribution in [0.15, 0.2) is 23.1 Å². The van der Waals surface area contributed by atoms with Crippen molar-refractivity contribution < 1.29 is 18.3 Å². The van der Waals surface area contributed by atoms with Crippen molar-refractivity contribution in [1.82, 2.24) is 0 Å². The molecule has 1 rings (SSSR count). The van der Waals surface area contributed by atoms with Gasteiger partial charge < -0.3 is 10.4 Å². The summed E-state index contributed by atoms with van der Waals surface area (Å²) in [5.41, 5.74) is 0.0991. The number of carbonyl (C=O) groups is 1. The molecule has 0 saturated carbocycles. The zero-order valence-corrected chi connectivity index (χ0v) is 9.84. The topological polar surface area (TPSA) is 83.5 Å². The second-order valence-electron chi connectivity index (χ2n) is 3.26. The molecule has 0 aliphatic rings. The van der Waals surface area contributed by atoms with Gasteiger partial charge in [0.05, 0.1) is 16.3 Å². The van der Waals surface area contributed by atoms with Crippen LogP contribution in [0.3, 0.4) is 0 Å². The number of sulfone groups is 1. The summed E-state index contributed by atoms with van der Waals surface area (Å²) in [5, 5.41) is 11.8. The minimum absolute atomic E-state index is 0.0305. The minimum Gasteiger partial charge on any atom is -0.506 e. The van der Waals surface area contributed by atoms with E-state index in [0.717, 1.165) is 0 Å². The van der Waals surface area contributed by atoms with Crippen LogP contribution < -0.4 is 5.32 Å². The van der Waals surface area contributed by atoms with Crippen LogP contribution in [0.5, 0.6) is 5.75 Å². The fourth-order valence-corrected chi connectivity index (χ4v) is 2.07. The normalized spacial score (nSPS) is 11.1. The zero-order chi connectivity index (χ0) is 12.3. The quantitative estimate of drug-likeness (QED) is 0.780. The van der Waals surface area contributed by atoms with Gasteiger partial charge in [-0.3, -0.25) is 4.79 Å². The van der Waals surface area contributed by atoms with Gasteiger partial charge in [0.15, 0.2) is 9.84 Å². The van der Waals surface area contributed by atoms with Crippen LogP contribution in [-0.4, -0.2) is 25.2 Å². The van der Waals surface area contributed by atoms with E-state index in [9.17, 15) is 18.3 Å². The Bertz CT molecular complexity index is 508. The number of phenols is 1. The molecular formula is C10H13NO4S. The number of amides is 1. The van der Waals surface area contributed by atoms with Gasteiger partial charge in [-0.05, 0) is 18.2 Å². The molecule has 0 radical (unpaired) electrons. The lowest BCUT2D eigenvalue weighted by Crippen LogP contribution is -2.08. The first kappa shape index (κ1) is 12.5. The van der Waals surface area contributed by atoms with Crippen LogP contribution in [0.4, 0.5) is 5.69 Å². The monoisotopic (exact) mass is 243 g/mol. The van der Waals surface area contributed by atoms with E-state index >= 15 is 0 Å². The average Bonchev–Trinajstić information content (AvgIpc) is 2.20. The summed E-state index contributed by atoms with van der Waals surface area (Å²) in [7, 11) is -3.34. The van der Waals surface area contributed by atoms with Crippen LogP contribution >= 0.6 is 0 Å². The van der Waals surface area contributed by atoms with Crippen LogP contribution in [-0.2, 0) is 14.6 Å². The molecule has 0 aliphatic carbocycles. The third-order valence-corrected chi connectivity index (χ3v) is 3.75. The first-order valence-corrected chi connectivity index (χ1v) is 6.35. The molecule has 0 unspecified atom stereocenters. The summed E-state index contributed by atoms with van der Waals surface area (Å²) in [5.74, 6) is -0.566. The molecule has 16 heavy (non-hydrogen) atoms. The summed E-state index contributed by atoms with van der Waals surface area (Å²) in [6.07, 6.45) is 0. The third kappa shape index (κ3) is 2.73. The summed E-state index contributed by atoms with van der Waals surface area (Å²) in [4.78, 5) is 10.9. The average molecular weight is 243 g/mol. The standard InChI is InChI=1S/C10H13NO4S/c1-3-16(14,15)8-4-5-10(13)9(6-8)11-7(2)12/h4-6,13H,3H2,1-2H3,(H,11,12). The molecule has 1 aromatic rings. The molecule has 0 atom stereocenters. The van der Waals surface area contributed by atoms with Gasteiger partial charge in [-0.1, -0.05) is 6.92 Å². The molecule has 1 aromatic carbocycles. The van der Waals surface area contributed by atoms with Crippen molar-refractivity contribution in [3.05, 3.63) is 18.2 Å². The van der Waals surface area contributed by atoms with E-state index in [1.165, 1.54) is 32.0 Å². The van der Waals surface area contributed by atoms with Crippen LogP contribution in [0.25, 0.3) is 0 Å². The number of anilines is 1. The van der Waals surface area contributed by atoms with Gasteiger partial charge >= 0.3 is 0 Å². The Balaban J connectivity index is 3.22.